The van der Waals surface area contributed by atoms with Crippen molar-refractivity contribution in [2.45, 2.75) is 64.6 Å². The molecule has 2 aliphatic rings. The number of aromatic nitrogens is 3. The maximum Gasteiger partial charge on any atom is 0.259 e. The number of pyridine rings is 1. The lowest BCUT2D eigenvalue weighted by molar-refractivity contribution is -0.111. The Balaban J connectivity index is 1.26. The standard InChI is InChI=1S/C41H50FN9O4/c1-7-36(53)47-33-21-27(9-11-35(33)51-17-16-50(23-25(51)2)28-13-18-55-19-14-28)46-39-34(43-6)22-45-37(48-39)29-12-15-44-38(31(29)24-52)49-40(54)30-10-8-26(20-32(30)42)41(3,4)5/h7-12,15,20-22,25,28,43,52H,1,13-14,16-19,23-24H2,2-6H3,(H,47,53)(H,44,49,54)(H,45,46,48). The molecule has 0 bridgehead atoms. The summed E-state index contributed by atoms with van der Waals surface area (Å²) < 4.78 is 20.7. The number of ether oxygens (including phenoxy) is 1. The van der Waals surface area contributed by atoms with Crippen molar-refractivity contribution in [1.82, 2.24) is 19.9 Å². The number of carbonyl (C=O) groups is 2. The molecule has 1 atom stereocenters. The lowest BCUT2D eigenvalue weighted by atomic mass is 9.86. The molecule has 5 N–H and O–H groups in total. The number of hydrogen-bond acceptors (Lipinski definition) is 11. The fourth-order valence-electron chi connectivity index (χ4n) is 7.11. The number of benzene rings is 2. The van der Waals surface area contributed by atoms with Gasteiger partial charge in [0.25, 0.3) is 5.91 Å². The molecule has 14 heteroatoms. The molecular weight excluding hydrogens is 702 g/mol. The van der Waals surface area contributed by atoms with Crippen molar-refractivity contribution in [2.24, 2.45) is 0 Å². The van der Waals surface area contributed by atoms with Gasteiger partial charge in [0.15, 0.2) is 11.6 Å². The van der Waals surface area contributed by atoms with Crippen molar-refractivity contribution in [3.8, 4) is 11.4 Å². The summed E-state index contributed by atoms with van der Waals surface area (Å²) in [5.41, 5.74) is 3.77. The van der Waals surface area contributed by atoms with Gasteiger partial charge in [0, 0.05) is 75.0 Å². The molecule has 13 nitrogen and oxygen atoms in total. The molecule has 2 amide bonds. The third-order valence-corrected chi connectivity index (χ3v) is 10.2. The first kappa shape index (κ1) is 39.3. The third-order valence-electron chi connectivity index (χ3n) is 10.2. The fraction of sp³-hybridized carbons (Fsp3) is 0.390. The van der Waals surface area contributed by atoms with Gasteiger partial charge in [-0.15, -0.1) is 0 Å². The minimum Gasteiger partial charge on any atom is -0.392 e. The molecule has 2 fully saturated rings. The van der Waals surface area contributed by atoms with E-state index in [0.29, 0.717) is 34.5 Å². The Morgan fingerprint density at radius 3 is 2.49 bits per heavy atom. The van der Waals surface area contributed by atoms with Gasteiger partial charge in [-0.2, -0.15) is 0 Å². The highest BCUT2D eigenvalue weighted by Gasteiger charge is 2.31. The molecule has 6 rings (SSSR count). The van der Waals surface area contributed by atoms with Gasteiger partial charge < -0.3 is 36.0 Å². The van der Waals surface area contributed by atoms with Gasteiger partial charge in [-0.25, -0.2) is 19.3 Å². The number of amides is 2. The maximum atomic E-state index is 15.1. The first-order chi connectivity index (χ1) is 26.4. The SMILES string of the molecule is C=CC(=O)Nc1cc(Nc2nc(-c3ccnc(NC(=O)c4ccc(C(C)(C)C)cc4F)c3CO)ncc2NC)ccc1N1CCN(C2CCOCC2)CC1C. The van der Waals surface area contributed by atoms with Crippen LogP contribution in [0.15, 0.2) is 67.5 Å². The average Bonchev–Trinajstić information content (AvgIpc) is 3.18. The van der Waals surface area contributed by atoms with Gasteiger partial charge in [0.05, 0.1) is 35.4 Å². The Morgan fingerprint density at radius 1 is 1.04 bits per heavy atom. The normalized spacial score (nSPS) is 16.7. The van der Waals surface area contributed by atoms with Crippen molar-refractivity contribution in [3.63, 3.8) is 0 Å². The van der Waals surface area contributed by atoms with Crippen molar-refractivity contribution in [2.75, 3.05) is 66.1 Å². The zero-order valence-corrected chi connectivity index (χ0v) is 32.1. The molecule has 55 heavy (non-hydrogen) atoms. The molecule has 0 aliphatic carbocycles. The van der Waals surface area contributed by atoms with Crippen LogP contribution in [-0.2, 0) is 21.6 Å². The molecular formula is C41H50FN9O4. The van der Waals surface area contributed by atoms with Crippen LogP contribution in [0, 0.1) is 5.82 Å². The molecule has 2 aromatic carbocycles. The number of halogens is 1. The Labute approximate surface area is 321 Å². The van der Waals surface area contributed by atoms with Crippen LogP contribution in [0.25, 0.3) is 11.4 Å². The Bertz CT molecular complexity index is 2050. The van der Waals surface area contributed by atoms with E-state index in [0.717, 1.165) is 56.9 Å². The average molecular weight is 752 g/mol. The van der Waals surface area contributed by atoms with E-state index in [4.69, 9.17) is 9.72 Å². The number of aliphatic hydroxyl groups excluding tert-OH is 1. The van der Waals surface area contributed by atoms with E-state index < -0.39 is 18.3 Å². The van der Waals surface area contributed by atoms with E-state index in [9.17, 15) is 14.7 Å². The summed E-state index contributed by atoms with van der Waals surface area (Å²) in [7, 11) is 1.75. The van der Waals surface area contributed by atoms with E-state index in [1.807, 2.05) is 39.0 Å². The van der Waals surface area contributed by atoms with Crippen molar-refractivity contribution in [3.05, 3.63) is 90.0 Å². The second kappa shape index (κ2) is 16.9. The van der Waals surface area contributed by atoms with Crippen LogP contribution in [0.1, 0.15) is 62.0 Å². The monoisotopic (exact) mass is 751 g/mol. The molecule has 4 aromatic rings. The van der Waals surface area contributed by atoms with Crippen LogP contribution in [0.3, 0.4) is 0 Å². The number of hydrogen-bond donors (Lipinski definition) is 5. The summed E-state index contributed by atoms with van der Waals surface area (Å²) >= 11 is 0. The molecule has 290 valence electrons. The topological polar surface area (TPSA) is 157 Å². The summed E-state index contributed by atoms with van der Waals surface area (Å²) in [6, 6.07) is 12.7. The predicted molar refractivity (Wildman–Crippen MR) is 215 cm³/mol. The second-order valence-electron chi connectivity index (χ2n) is 14.9. The van der Waals surface area contributed by atoms with Crippen molar-refractivity contribution in [1.29, 1.82) is 0 Å². The van der Waals surface area contributed by atoms with E-state index in [1.165, 1.54) is 24.4 Å². The zero-order valence-electron chi connectivity index (χ0n) is 32.1. The first-order valence-corrected chi connectivity index (χ1v) is 18.6. The minimum atomic E-state index is -0.704. The lowest BCUT2D eigenvalue weighted by Crippen LogP contribution is -2.56. The number of anilines is 6. The van der Waals surface area contributed by atoms with Gasteiger partial charge in [-0.1, -0.05) is 33.4 Å². The Hall–Kier alpha value is -5.44. The molecule has 2 aromatic heterocycles. The Morgan fingerprint density at radius 2 is 1.82 bits per heavy atom. The molecule has 0 radical (unpaired) electrons. The van der Waals surface area contributed by atoms with Gasteiger partial charge in [0.2, 0.25) is 5.91 Å². The summed E-state index contributed by atoms with van der Waals surface area (Å²) in [5.74, 6) is -0.958. The minimum absolute atomic E-state index is 0.0566. The van der Waals surface area contributed by atoms with Gasteiger partial charge >= 0.3 is 0 Å². The summed E-state index contributed by atoms with van der Waals surface area (Å²) in [6.07, 6.45) is 6.40. The summed E-state index contributed by atoms with van der Waals surface area (Å²) in [5, 5.41) is 22.6. The van der Waals surface area contributed by atoms with E-state index in [-0.39, 0.29) is 40.1 Å². The van der Waals surface area contributed by atoms with Gasteiger partial charge in [-0.3, -0.25) is 14.5 Å². The smallest absolute Gasteiger partial charge is 0.259 e. The van der Waals surface area contributed by atoms with Crippen LogP contribution in [0.5, 0.6) is 0 Å². The lowest BCUT2D eigenvalue weighted by Gasteiger charge is -2.45. The molecule has 1 unspecified atom stereocenters. The molecule has 2 aliphatic heterocycles. The van der Waals surface area contributed by atoms with Crippen LogP contribution < -0.4 is 26.2 Å². The van der Waals surface area contributed by atoms with Gasteiger partial charge in [0.1, 0.15) is 11.6 Å². The zero-order chi connectivity index (χ0) is 39.3. The molecule has 2 saturated heterocycles. The third kappa shape index (κ3) is 8.93. The molecule has 4 heterocycles. The van der Waals surface area contributed by atoms with E-state index >= 15 is 4.39 Å². The number of rotatable bonds is 11. The molecule has 0 spiro atoms. The van der Waals surface area contributed by atoms with Crippen molar-refractivity contribution < 1.29 is 23.8 Å². The van der Waals surface area contributed by atoms with Crippen LogP contribution in [-0.4, -0.2) is 88.8 Å². The van der Waals surface area contributed by atoms with Crippen LogP contribution in [0.4, 0.5) is 38.8 Å². The van der Waals surface area contributed by atoms with Crippen LogP contribution in [0.2, 0.25) is 0 Å². The maximum absolute atomic E-state index is 15.1. The van der Waals surface area contributed by atoms with E-state index in [1.54, 1.807) is 25.4 Å². The van der Waals surface area contributed by atoms with E-state index in [2.05, 4.69) is 54.5 Å². The first-order valence-electron chi connectivity index (χ1n) is 18.6. The number of carbonyl (C=O) groups excluding carboxylic acids is 2. The highest BCUT2D eigenvalue weighted by Crippen LogP contribution is 2.36. The largest absolute Gasteiger partial charge is 0.392 e. The Kier molecular flexibility index (Phi) is 12.1. The highest BCUT2D eigenvalue weighted by atomic mass is 19.1. The van der Waals surface area contributed by atoms with Gasteiger partial charge in [-0.05, 0) is 73.2 Å². The highest BCUT2D eigenvalue weighted by molar-refractivity contribution is 6.05. The second-order valence-corrected chi connectivity index (χ2v) is 14.9. The van der Waals surface area contributed by atoms with Crippen LogP contribution >= 0.6 is 0 Å². The fourth-order valence-corrected chi connectivity index (χ4v) is 7.11. The summed E-state index contributed by atoms with van der Waals surface area (Å²) in [6.45, 7) is 15.5. The number of nitrogens with one attached hydrogen (secondary N) is 4. The quantitative estimate of drug-likeness (QED) is 0.109. The summed E-state index contributed by atoms with van der Waals surface area (Å²) in [4.78, 5) is 44.4. The number of piperazine rings is 1. The predicted octanol–water partition coefficient (Wildman–Crippen LogP) is 6.32. The molecule has 0 saturated carbocycles. The number of nitrogens with zero attached hydrogens (tertiary/aromatic N) is 5. The number of aliphatic hydroxyl groups is 1. The van der Waals surface area contributed by atoms with Crippen molar-refractivity contribution >= 4 is 46.2 Å².